The molecule has 2 aromatic rings. The standard InChI is InChI=1S/C21H24N2O4/c1-4-11-22-20(24)19-13-23(16-7-5-6-8-17(16)27-19)21(25)15-10-9-14(2)18(12-15)26-3/h5-10,12,19H,4,11,13H2,1-3H3,(H,22,24)/t19-/m0/s1. The lowest BCUT2D eigenvalue weighted by atomic mass is 10.1. The van der Waals surface area contributed by atoms with E-state index in [1.54, 1.807) is 30.2 Å². The third-order valence-corrected chi connectivity index (χ3v) is 4.52. The lowest BCUT2D eigenvalue weighted by molar-refractivity contribution is -0.127. The molecule has 0 radical (unpaired) electrons. The SMILES string of the molecule is CCCNC(=O)[C@@H]1CN(C(=O)c2ccc(C)c(OC)c2)c2ccccc2O1. The van der Waals surface area contributed by atoms with Crippen molar-refractivity contribution in [3.05, 3.63) is 53.6 Å². The van der Waals surface area contributed by atoms with Crippen LogP contribution >= 0.6 is 0 Å². The van der Waals surface area contributed by atoms with Crippen LogP contribution in [0.2, 0.25) is 0 Å². The number of hydrogen-bond acceptors (Lipinski definition) is 4. The summed E-state index contributed by atoms with van der Waals surface area (Å²) in [5.41, 5.74) is 2.11. The van der Waals surface area contributed by atoms with Crippen molar-refractivity contribution < 1.29 is 19.1 Å². The highest BCUT2D eigenvalue weighted by atomic mass is 16.5. The van der Waals surface area contributed by atoms with Gasteiger partial charge in [0.2, 0.25) is 0 Å². The molecule has 2 aromatic carbocycles. The summed E-state index contributed by atoms with van der Waals surface area (Å²) in [5.74, 6) is 0.760. The third-order valence-electron chi connectivity index (χ3n) is 4.52. The van der Waals surface area contributed by atoms with E-state index in [0.29, 0.717) is 29.3 Å². The van der Waals surface area contributed by atoms with Crippen LogP contribution in [0.25, 0.3) is 0 Å². The summed E-state index contributed by atoms with van der Waals surface area (Å²) in [7, 11) is 1.58. The average molecular weight is 368 g/mol. The average Bonchev–Trinajstić information content (AvgIpc) is 2.71. The summed E-state index contributed by atoms with van der Waals surface area (Å²) in [4.78, 5) is 27.2. The first kappa shape index (κ1) is 18.8. The van der Waals surface area contributed by atoms with Crippen LogP contribution in [-0.4, -0.2) is 38.1 Å². The Morgan fingerprint density at radius 3 is 2.78 bits per heavy atom. The maximum Gasteiger partial charge on any atom is 0.262 e. The van der Waals surface area contributed by atoms with Gasteiger partial charge in [-0.2, -0.15) is 0 Å². The number of benzene rings is 2. The molecule has 0 unspecified atom stereocenters. The van der Waals surface area contributed by atoms with Gasteiger partial charge in [0.1, 0.15) is 11.5 Å². The molecule has 0 aromatic heterocycles. The van der Waals surface area contributed by atoms with Crippen LogP contribution in [0.1, 0.15) is 29.3 Å². The molecule has 142 valence electrons. The second-order valence-corrected chi connectivity index (χ2v) is 6.47. The zero-order valence-electron chi connectivity index (χ0n) is 15.8. The summed E-state index contributed by atoms with van der Waals surface area (Å²) in [5, 5.41) is 2.84. The molecule has 1 atom stereocenters. The van der Waals surface area contributed by atoms with Gasteiger partial charge in [-0.1, -0.05) is 25.1 Å². The van der Waals surface area contributed by atoms with Gasteiger partial charge >= 0.3 is 0 Å². The van der Waals surface area contributed by atoms with Crippen LogP contribution in [-0.2, 0) is 4.79 Å². The molecule has 2 amide bonds. The van der Waals surface area contributed by atoms with E-state index >= 15 is 0 Å². The number of methoxy groups -OCH3 is 1. The van der Waals surface area contributed by atoms with Gasteiger partial charge in [0, 0.05) is 12.1 Å². The van der Waals surface area contributed by atoms with Crippen LogP contribution < -0.4 is 19.7 Å². The Labute approximate surface area is 159 Å². The molecule has 27 heavy (non-hydrogen) atoms. The maximum atomic E-state index is 13.2. The maximum absolute atomic E-state index is 13.2. The molecule has 6 nitrogen and oxygen atoms in total. The highest BCUT2D eigenvalue weighted by Crippen LogP contribution is 2.34. The Balaban J connectivity index is 1.92. The van der Waals surface area contributed by atoms with Gasteiger partial charge in [-0.25, -0.2) is 0 Å². The number of nitrogens with zero attached hydrogens (tertiary/aromatic N) is 1. The van der Waals surface area contributed by atoms with Gasteiger partial charge in [0.25, 0.3) is 11.8 Å². The zero-order chi connectivity index (χ0) is 19.4. The Morgan fingerprint density at radius 1 is 1.26 bits per heavy atom. The van der Waals surface area contributed by atoms with Gasteiger partial charge in [0.05, 0.1) is 19.3 Å². The molecule has 0 fully saturated rings. The van der Waals surface area contributed by atoms with E-state index in [1.807, 2.05) is 38.1 Å². The monoisotopic (exact) mass is 368 g/mol. The van der Waals surface area contributed by atoms with Gasteiger partial charge in [0.15, 0.2) is 6.10 Å². The number of hydrogen-bond donors (Lipinski definition) is 1. The number of nitrogens with one attached hydrogen (secondary N) is 1. The number of fused-ring (bicyclic) bond motifs is 1. The first-order valence-corrected chi connectivity index (χ1v) is 9.05. The lowest BCUT2D eigenvalue weighted by Gasteiger charge is -2.34. The van der Waals surface area contributed by atoms with Crippen LogP contribution in [0, 0.1) is 6.92 Å². The van der Waals surface area contributed by atoms with Gasteiger partial charge < -0.3 is 19.7 Å². The second-order valence-electron chi connectivity index (χ2n) is 6.47. The van der Waals surface area contributed by atoms with Crippen molar-refractivity contribution in [2.75, 3.05) is 25.1 Å². The van der Waals surface area contributed by atoms with Crippen molar-refractivity contribution in [2.24, 2.45) is 0 Å². The van der Waals surface area contributed by atoms with Crippen LogP contribution in [0.4, 0.5) is 5.69 Å². The number of anilines is 1. The first-order chi connectivity index (χ1) is 13.0. The minimum absolute atomic E-state index is 0.154. The summed E-state index contributed by atoms with van der Waals surface area (Å²) >= 11 is 0. The second kappa shape index (κ2) is 8.12. The molecular weight excluding hydrogens is 344 g/mol. The fourth-order valence-electron chi connectivity index (χ4n) is 3.03. The van der Waals surface area contributed by atoms with Crippen molar-refractivity contribution in [3.63, 3.8) is 0 Å². The van der Waals surface area contributed by atoms with Crippen molar-refractivity contribution in [1.82, 2.24) is 5.32 Å². The molecule has 0 saturated carbocycles. The topological polar surface area (TPSA) is 67.9 Å². The minimum Gasteiger partial charge on any atom is -0.496 e. The highest BCUT2D eigenvalue weighted by Gasteiger charge is 2.34. The summed E-state index contributed by atoms with van der Waals surface area (Å²) in [6.45, 7) is 4.63. The molecular formula is C21H24N2O4. The number of para-hydroxylation sites is 2. The minimum atomic E-state index is -0.747. The summed E-state index contributed by atoms with van der Waals surface area (Å²) in [6.07, 6.45) is 0.0867. The van der Waals surface area contributed by atoms with E-state index in [4.69, 9.17) is 9.47 Å². The molecule has 1 aliphatic heterocycles. The quantitative estimate of drug-likeness (QED) is 0.881. The number of aryl methyl sites for hydroxylation is 1. The fourth-order valence-corrected chi connectivity index (χ4v) is 3.03. The molecule has 3 rings (SSSR count). The van der Waals surface area contributed by atoms with Crippen molar-refractivity contribution in [2.45, 2.75) is 26.4 Å². The molecule has 0 saturated heterocycles. The Kier molecular flexibility index (Phi) is 5.64. The number of carbonyl (C=O) groups is 2. The van der Waals surface area contributed by atoms with Gasteiger partial charge in [-0.3, -0.25) is 9.59 Å². The highest BCUT2D eigenvalue weighted by molar-refractivity contribution is 6.08. The number of rotatable bonds is 5. The molecule has 0 spiro atoms. The van der Waals surface area contributed by atoms with E-state index in [-0.39, 0.29) is 18.4 Å². The van der Waals surface area contributed by atoms with Crippen LogP contribution in [0.5, 0.6) is 11.5 Å². The predicted octanol–water partition coefficient (Wildman–Crippen LogP) is 2.94. The number of carbonyl (C=O) groups excluding carboxylic acids is 2. The summed E-state index contributed by atoms with van der Waals surface area (Å²) in [6, 6.07) is 12.6. The normalized spacial score (nSPS) is 15.5. The molecule has 1 N–H and O–H groups in total. The Hall–Kier alpha value is -3.02. The Morgan fingerprint density at radius 2 is 2.04 bits per heavy atom. The number of amides is 2. The molecule has 1 aliphatic rings. The van der Waals surface area contributed by atoms with E-state index in [2.05, 4.69) is 5.32 Å². The summed E-state index contributed by atoms with van der Waals surface area (Å²) < 4.78 is 11.2. The van der Waals surface area contributed by atoms with Crippen LogP contribution in [0.15, 0.2) is 42.5 Å². The van der Waals surface area contributed by atoms with Gasteiger partial charge in [-0.15, -0.1) is 0 Å². The predicted molar refractivity (Wildman–Crippen MR) is 104 cm³/mol. The van der Waals surface area contributed by atoms with E-state index < -0.39 is 6.10 Å². The van der Waals surface area contributed by atoms with E-state index in [1.165, 1.54) is 0 Å². The largest absolute Gasteiger partial charge is 0.496 e. The lowest BCUT2D eigenvalue weighted by Crippen LogP contribution is -2.50. The first-order valence-electron chi connectivity index (χ1n) is 9.05. The molecule has 0 aliphatic carbocycles. The molecule has 6 heteroatoms. The van der Waals surface area contributed by atoms with Crippen molar-refractivity contribution in [3.8, 4) is 11.5 Å². The zero-order valence-corrected chi connectivity index (χ0v) is 15.8. The van der Waals surface area contributed by atoms with Crippen molar-refractivity contribution in [1.29, 1.82) is 0 Å². The van der Waals surface area contributed by atoms with Crippen LogP contribution in [0.3, 0.4) is 0 Å². The van der Waals surface area contributed by atoms with E-state index in [0.717, 1.165) is 12.0 Å². The van der Waals surface area contributed by atoms with E-state index in [9.17, 15) is 9.59 Å². The fraction of sp³-hybridized carbons (Fsp3) is 0.333. The smallest absolute Gasteiger partial charge is 0.262 e. The Bertz CT molecular complexity index is 850. The molecule has 1 heterocycles. The third kappa shape index (κ3) is 3.89. The number of ether oxygens (including phenoxy) is 2. The van der Waals surface area contributed by atoms with Crippen molar-refractivity contribution >= 4 is 17.5 Å². The van der Waals surface area contributed by atoms with Gasteiger partial charge in [-0.05, 0) is 43.2 Å². The molecule has 0 bridgehead atoms.